The quantitative estimate of drug-likeness (QED) is 0.343. The molecule has 0 radical (unpaired) electrons. The molecule has 0 aromatic heterocycles. The smallest absolute Gasteiger partial charge is 0.328 e. The molecule has 0 unspecified atom stereocenters. The third-order valence-electron chi connectivity index (χ3n) is 3.42. The molecule has 0 saturated heterocycles. The van der Waals surface area contributed by atoms with E-state index in [0.29, 0.717) is 0 Å². The van der Waals surface area contributed by atoms with Crippen LogP contribution >= 0.6 is 31.4 Å². The second-order valence-corrected chi connectivity index (χ2v) is 15.3. The van der Waals surface area contributed by atoms with Gasteiger partial charge >= 0.3 is 31.4 Å². The van der Waals surface area contributed by atoms with Gasteiger partial charge in [0.1, 0.15) is 0 Å². The normalized spacial score (nSPS) is 12.1. The number of rotatable bonds is 9. The molecular weight excluding hydrogens is 496 g/mol. The summed E-state index contributed by atoms with van der Waals surface area (Å²) >= 11 is 0. The van der Waals surface area contributed by atoms with Gasteiger partial charge in [-0.3, -0.25) is 13.7 Å². The van der Waals surface area contributed by atoms with Crippen LogP contribution in [0.15, 0.2) is 0 Å². The highest BCUT2D eigenvalue weighted by Gasteiger charge is 2.26. The van der Waals surface area contributed by atoms with E-state index < -0.39 is 31.4 Å². The lowest BCUT2D eigenvalue weighted by atomic mass is 10.6. The van der Waals surface area contributed by atoms with E-state index in [0.717, 1.165) is 0 Å². The zero-order valence-electron chi connectivity index (χ0n) is 20.5. The Hall–Kier alpha value is 0.760. The second kappa shape index (κ2) is 20.2. The summed E-state index contributed by atoms with van der Waals surface area (Å²) in [5, 5.41) is 0. The van der Waals surface area contributed by atoms with E-state index in [2.05, 4.69) is 27.1 Å². The first-order valence-electron chi connectivity index (χ1n) is 8.93. The van der Waals surface area contributed by atoms with E-state index in [1.165, 1.54) is 42.7 Å². The van der Waals surface area contributed by atoms with Crippen molar-refractivity contribution in [1.29, 1.82) is 0 Å². The summed E-state index contributed by atoms with van der Waals surface area (Å²) in [5.74, 6) is 0. The summed E-state index contributed by atoms with van der Waals surface area (Å²) in [4.78, 5) is 21.7. The molecule has 0 fully saturated rings. The molecule has 0 aliphatic heterocycles. The molecule has 0 saturated carbocycles. The summed E-state index contributed by atoms with van der Waals surface area (Å²) in [6, 6.07) is 0. The second-order valence-electron chi connectivity index (χ2n) is 6.26. The largest absolute Gasteiger partial charge is 0.332 e. The Morgan fingerprint density at radius 1 is 0.484 bits per heavy atom. The Bertz CT molecular complexity index is 456. The molecule has 0 spiro atoms. The van der Waals surface area contributed by atoms with Crippen LogP contribution in [0.1, 0.15) is 41.5 Å². The minimum Gasteiger partial charge on any atom is -0.328 e. The summed E-state index contributed by atoms with van der Waals surface area (Å²) in [7, 11) is -2.52. The van der Waals surface area contributed by atoms with Crippen LogP contribution in [0.2, 0.25) is 0 Å². The van der Waals surface area contributed by atoms with E-state index in [1.54, 1.807) is 41.5 Å². The zero-order valence-corrected chi connectivity index (χ0v) is 24.1. The van der Waals surface area contributed by atoms with Crippen LogP contribution in [0, 0.1) is 0 Å². The fraction of sp³-hybridized carbons (Fsp3) is 1.00. The van der Waals surface area contributed by atoms with Crippen molar-refractivity contribution in [2.45, 2.75) is 58.5 Å². The fourth-order valence-electron chi connectivity index (χ4n) is 1.49. The topological polar surface area (TPSA) is 167 Å². The highest BCUT2D eigenvalue weighted by Crippen LogP contribution is 2.52. The van der Waals surface area contributed by atoms with Gasteiger partial charge in [-0.25, -0.2) is 0 Å². The standard InChI is InChI=1S/3C5H13O3P.H3O3P/c3*1-5(2)9(6,7-3)8-4;1-4(2)3/h3*5H,1-4H3;1-3H. The molecule has 16 heteroatoms. The highest BCUT2D eigenvalue weighted by atomic mass is 31.2. The van der Waals surface area contributed by atoms with Crippen molar-refractivity contribution in [1.82, 2.24) is 0 Å². The molecule has 0 aromatic rings. The maximum absolute atomic E-state index is 11.2. The van der Waals surface area contributed by atoms with Gasteiger partial charge in [-0.15, -0.1) is 0 Å². The van der Waals surface area contributed by atoms with Crippen LogP contribution in [-0.4, -0.2) is 74.3 Å². The highest BCUT2D eigenvalue weighted by molar-refractivity contribution is 7.55. The van der Waals surface area contributed by atoms with Crippen molar-refractivity contribution in [2.24, 2.45) is 0 Å². The van der Waals surface area contributed by atoms with Gasteiger partial charge in [0.2, 0.25) is 0 Å². The van der Waals surface area contributed by atoms with Gasteiger partial charge in [0, 0.05) is 42.7 Å². The molecule has 0 aromatic carbocycles. The molecule has 0 rings (SSSR count). The Balaban J connectivity index is -0.000000162. The number of hydrogen-bond donors (Lipinski definition) is 3. The van der Waals surface area contributed by atoms with Crippen LogP contribution in [0.25, 0.3) is 0 Å². The average Bonchev–Trinajstić information content (AvgIpc) is 2.71. The summed E-state index contributed by atoms with van der Waals surface area (Å²) < 4.78 is 61.7. The molecule has 0 aliphatic carbocycles. The molecule has 194 valence electrons. The van der Waals surface area contributed by atoms with Crippen molar-refractivity contribution >= 4 is 31.4 Å². The van der Waals surface area contributed by atoms with Crippen molar-refractivity contribution in [3.8, 4) is 0 Å². The first kappa shape index (κ1) is 39.0. The van der Waals surface area contributed by atoms with E-state index in [4.69, 9.17) is 14.7 Å². The van der Waals surface area contributed by atoms with Gasteiger partial charge in [0.15, 0.2) is 0 Å². The van der Waals surface area contributed by atoms with Crippen LogP contribution in [0.4, 0.5) is 0 Å². The average molecular weight is 538 g/mol. The molecule has 0 atom stereocenters. The maximum atomic E-state index is 11.2. The van der Waals surface area contributed by atoms with Crippen LogP contribution < -0.4 is 0 Å². The molecule has 12 nitrogen and oxygen atoms in total. The van der Waals surface area contributed by atoms with Crippen LogP contribution in [0.5, 0.6) is 0 Å². The minimum absolute atomic E-state index is 0.0625. The van der Waals surface area contributed by atoms with Crippen molar-refractivity contribution in [3.05, 3.63) is 0 Å². The van der Waals surface area contributed by atoms with Gasteiger partial charge in [-0.2, -0.15) is 0 Å². The summed E-state index contributed by atoms with van der Waals surface area (Å²) in [6.07, 6.45) is 0. The minimum atomic E-state index is -2.75. The van der Waals surface area contributed by atoms with E-state index in [1.807, 2.05) is 0 Å². The van der Waals surface area contributed by atoms with Gasteiger partial charge in [-0.05, 0) is 0 Å². The molecule has 0 bridgehead atoms. The Morgan fingerprint density at radius 3 is 0.581 bits per heavy atom. The zero-order chi connectivity index (χ0) is 26.1. The molecular formula is C15H42O12P4. The lowest BCUT2D eigenvalue weighted by Gasteiger charge is -2.16. The summed E-state index contributed by atoms with van der Waals surface area (Å²) in [6.45, 7) is 10.8. The Labute approximate surface area is 188 Å². The van der Waals surface area contributed by atoms with Gasteiger partial charge in [0.25, 0.3) is 0 Å². The third-order valence-corrected chi connectivity index (χ3v) is 10.3. The Kier molecular flexibility index (Phi) is 25.4. The molecule has 31 heavy (non-hydrogen) atoms. The lowest BCUT2D eigenvalue weighted by Crippen LogP contribution is -2.00. The third kappa shape index (κ3) is 18.8. The molecule has 0 heterocycles. The summed E-state index contributed by atoms with van der Waals surface area (Å²) in [5.41, 5.74) is -0.188. The fourth-order valence-corrected chi connectivity index (χ4v) is 4.47. The van der Waals surface area contributed by atoms with E-state index in [-0.39, 0.29) is 17.0 Å². The van der Waals surface area contributed by atoms with Gasteiger partial charge in [-0.1, -0.05) is 41.5 Å². The lowest BCUT2D eigenvalue weighted by molar-refractivity contribution is 0.268. The van der Waals surface area contributed by atoms with E-state index in [9.17, 15) is 13.7 Å². The van der Waals surface area contributed by atoms with Crippen molar-refractivity contribution < 1.29 is 55.5 Å². The predicted molar refractivity (Wildman–Crippen MR) is 124 cm³/mol. The van der Waals surface area contributed by atoms with Crippen LogP contribution in [-0.2, 0) is 40.8 Å². The SMILES string of the molecule is COP(=O)(OC)C(C)C.COP(=O)(OC)C(C)C.COP(=O)(OC)C(C)C.OP(O)O. The maximum Gasteiger partial charge on any atom is 0.332 e. The van der Waals surface area contributed by atoms with E-state index >= 15 is 0 Å². The Morgan fingerprint density at radius 2 is 0.581 bits per heavy atom. The van der Waals surface area contributed by atoms with Gasteiger partial charge in [0.05, 0.1) is 17.0 Å². The van der Waals surface area contributed by atoms with Crippen molar-refractivity contribution in [2.75, 3.05) is 42.7 Å². The molecule has 0 amide bonds. The first-order chi connectivity index (χ1) is 13.9. The first-order valence-corrected chi connectivity index (χ1v) is 15.0. The van der Waals surface area contributed by atoms with Crippen LogP contribution in [0.3, 0.4) is 0 Å². The molecule has 3 N–H and O–H groups in total. The predicted octanol–water partition coefficient (Wildman–Crippen LogP) is 4.83. The molecule has 0 aliphatic rings. The van der Waals surface area contributed by atoms with Crippen molar-refractivity contribution in [3.63, 3.8) is 0 Å². The monoisotopic (exact) mass is 538 g/mol. The number of hydrogen-bond acceptors (Lipinski definition) is 12. The van der Waals surface area contributed by atoms with Gasteiger partial charge < -0.3 is 41.8 Å².